The molecule has 0 atom stereocenters. The van der Waals surface area contributed by atoms with Crippen LogP contribution in [0.5, 0.6) is 0 Å². The highest BCUT2D eigenvalue weighted by molar-refractivity contribution is 7.88. The van der Waals surface area contributed by atoms with Crippen LogP contribution < -0.4 is 15.8 Å². The average Bonchev–Trinajstić information content (AvgIpc) is 2.54. The summed E-state index contributed by atoms with van der Waals surface area (Å²) in [6.07, 6.45) is 1.51. The van der Waals surface area contributed by atoms with Crippen molar-refractivity contribution in [1.29, 1.82) is 0 Å². The highest BCUT2D eigenvalue weighted by Crippen LogP contribution is 2.12. The summed E-state index contributed by atoms with van der Waals surface area (Å²) in [4.78, 5) is 15.0. The molecule has 4 N–H and O–H groups in total. The number of amides is 1. The van der Waals surface area contributed by atoms with Crippen LogP contribution in [0.15, 0.2) is 42.6 Å². The van der Waals surface area contributed by atoms with Gasteiger partial charge in [-0.15, -0.1) is 0 Å². The van der Waals surface area contributed by atoms with E-state index < -0.39 is 15.9 Å². The number of nitrogens with zero attached hydrogens (tertiary/aromatic N) is 1. The van der Waals surface area contributed by atoms with Crippen molar-refractivity contribution in [2.75, 3.05) is 12.4 Å². The summed E-state index contributed by atoms with van der Waals surface area (Å²) in [7, 11) is -1.88. The molecule has 0 radical (unpaired) electrons. The topological polar surface area (TPSA) is 114 Å². The van der Waals surface area contributed by atoms with Gasteiger partial charge in [-0.2, -0.15) is 0 Å². The SMILES string of the molecule is CNS(=O)(=O)Cc1ccc(CNc2ccnc(C(N)=O)c2)cc1. The number of nitrogens with two attached hydrogens (primary N) is 1. The number of benzene rings is 1. The Morgan fingerprint density at radius 2 is 1.83 bits per heavy atom. The van der Waals surface area contributed by atoms with E-state index in [0.29, 0.717) is 12.1 Å². The lowest BCUT2D eigenvalue weighted by Crippen LogP contribution is -2.20. The quantitative estimate of drug-likeness (QED) is 0.694. The lowest BCUT2D eigenvalue weighted by molar-refractivity contribution is 0.0995. The Balaban J connectivity index is 1.99. The van der Waals surface area contributed by atoms with E-state index >= 15 is 0 Å². The number of carbonyl (C=O) groups excluding carboxylic acids is 1. The van der Waals surface area contributed by atoms with Gasteiger partial charge in [-0.25, -0.2) is 13.1 Å². The molecule has 1 aromatic heterocycles. The Kier molecular flexibility index (Phi) is 5.30. The van der Waals surface area contributed by atoms with Gasteiger partial charge in [0.15, 0.2) is 0 Å². The largest absolute Gasteiger partial charge is 0.381 e. The predicted molar refractivity (Wildman–Crippen MR) is 88.2 cm³/mol. The number of rotatable bonds is 7. The Bertz CT molecular complexity index is 789. The molecule has 23 heavy (non-hydrogen) atoms. The third kappa shape index (κ3) is 5.04. The maximum Gasteiger partial charge on any atom is 0.267 e. The van der Waals surface area contributed by atoms with E-state index in [1.54, 1.807) is 24.3 Å². The molecule has 1 aromatic carbocycles. The van der Waals surface area contributed by atoms with Crippen molar-refractivity contribution in [1.82, 2.24) is 9.71 Å². The first-order valence-electron chi connectivity index (χ1n) is 6.88. The Labute approximate surface area is 135 Å². The lowest BCUT2D eigenvalue weighted by atomic mass is 10.1. The number of sulfonamides is 1. The number of hydrogen-bond acceptors (Lipinski definition) is 5. The first kappa shape index (κ1) is 16.9. The molecule has 2 aromatic rings. The van der Waals surface area contributed by atoms with Gasteiger partial charge < -0.3 is 11.1 Å². The molecule has 0 aliphatic carbocycles. The van der Waals surface area contributed by atoms with Crippen LogP contribution in [0.25, 0.3) is 0 Å². The smallest absolute Gasteiger partial charge is 0.267 e. The molecule has 0 saturated carbocycles. The minimum absolute atomic E-state index is 0.0520. The molecule has 2 rings (SSSR count). The summed E-state index contributed by atoms with van der Waals surface area (Å²) in [5.74, 6) is -0.632. The monoisotopic (exact) mass is 334 g/mol. The fourth-order valence-electron chi connectivity index (χ4n) is 1.92. The highest BCUT2D eigenvalue weighted by Gasteiger charge is 2.08. The van der Waals surface area contributed by atoms with Crippen molar-refractivity contribution in [3.8, 4) is 0 Å². The van der Waals surface area contributed by atoms with Crippen LogP contribution in [0.1, 0.15) is 21.6 Å². The van der Waals surface area contributed by atoms with Crippen molar-refractivity contribution in [3.05, 3.63) is 59.4 Å². The van der Waals surface area contributed by atoms with Crippen molar-refractivity contribution in [2.24, 2.45) is 5.73 Å². The zero-order valence-corrected chi connectivity index (χ0v) is 13.4. The predicted octanol–water partition coefficient (Wildman–Crippen LogP) is 0.842. The lowest BCUT2D eigenvalue weighted by Gasteiger charge is -2.08. The summed E-state index contributed by atoms with van der Waals surface area (Å²) < 4.78 is 25.2. The van der Waals surface area contributed by atoms with Crippen molar-refractivity contribution in [2.45, 2.75) is 12.3 Å². The normalized spacial score (nSPS) is 11.2. The highest BCUT2D eigenvalue weighted by atomic mass is 32.2. The molecule has 0 aliphatic rings. The van der Waals surface area contributed by atoms with Gasteiger partial charge in [0.25, 0.3) is 5.91 Å². The van der Waals surface area contributed by atoms with E-state index in [1.807, 2.05) is 12.1 Å². The molecule has 1 heterocycles. The number of carbonyl (C=O) groups is 1. The maximum absolute atomic E-state index is 11.5. The standard InChI is InChI=1S/C15H18N4O3S/c1-17-23(21,22)10-12-4-2-11(3-5-12)9-19-13-6-7-18-14(8-13)15(16)20/h2-8,17H,9-10H2,1H3,(H2,16,20)(H,18,19). The Morgan fingerprint density at radius 1 is 1.17 bits per heavy atom. The Morgan fingerprint density at radius 3 is 2.43 bits per heavy atom. The van der Waals surface area contributed by atoms with Crippen molar-refractivity contribution < 1.29 is 13.2 Å². The molecule has 7 nitrogen and oxygen atoms in total. The molecule has 0 fully saturated rings. The second kappa shape index (κ2) is 7.21. The van der Waals surface area contributed by atoms with Gasteiger partial charge in [0.05, 0.1) is 5.75 Å². The molecular formula is C15H18N4O3S. The third-order valence-corrected chi connectivity index (χ3v) is 4.54. The van der Waals surface area contributed by atoms with Crippen LogP contribution >= 0.6 is 0 Å². The molecule has 0 spiro atoms. The van der Waals surface area contributed by atoms with Gasteiger partial charge in [-0.05, 0) is 30.3 Å². The van der Waals surface area contributed by atoms with Gasteiger partial charge in [-0.3, -0.25) is 9.78 Å². The second-order valence-corrected chi connectivity index (χ2v) is 6.85. The summed E-state index contributed by atoms with van der Waals surface area (Å²) in [6.45, 7) is 0.529. The Hall–Kier alpha value is -2.45. The first-order valence-corrected chi connectivity index (χ1v) is 8.53. The van der Waals surface area contributed by atoms with E-state index in [4.69, 9.17) is 5.73 Å². The van der Waals surface area contributed by atoms with Crippen LogP contribution in [0.4, 0.5) is 5.69 Å². The van der Waals surface area contributed by atoms with E-state index in [-0.39, 0.29) is 11.4 Å². The van der Waals surface area contributed by atoms with Crippen LogP contribution in [0.2, 0.25) is 0 Å². The van der Waals surface area contributed by atoms with Crippen molar-refractivity contribution >= 4 is 21.6 Å². The van der Waals surface area contributed by atoms with Crippen LogP contribution in [-0.4, -0.2) is 26.4 Å². The van der Waals surface area contributed by atoms with Gasteiger partial charge in [0.2, 0.25) is 10.0 Å². The number of nitrogens with one attached hydrogen (secondary N) is 2. The van der Waals surface area contributed by atoms with Crippen LogP contribution in [0.3, 0.4) is 0 Å². The van der Waals surface area contributed by atoms with E-state index in [2.05, 4.69) is 15.0 Å². The number of anilines is 1. The number of primary amides is 1. The molecule has 0 unspecified atom stereocenters. The molecule has 0 bridgehead atoms. The number of hydrogen-bond donors (Lipinski definition) is 3. The fourth-order valence-corrected chi connectivity index (χ4v) is 2.70. The minimum Gasteiger partial charge on any atom is -0.381 e. The molecule has 0 saturated heterocycles. The van der Waals surface area contributed by atoms with Gasteiger partial charge in [0, 0.05) is 18.4 Å². The number of pyridine rings is 1. The summed E-state index contributed by atoms with van der Waals surface area (Å²) >= 11 is 0. The number of aromatic nitrogens is 1. The second-order valence-electron chi connectivity index (χ2n) is 4.93. The van der Waals surface area contributed by atoms with Crippen LogP contribution in [-0.2, 0) is 22.3 Å². The van der Waals surface area contributed by atoms with Gasteiger partial charge in [-0.1, -0.05) is 24.3 Å². The van der Waals surface area contributed by atoms with E-state index in [1.165, 1.54) is 13.2 Å². The molecule has 8 heteroatoms. The van der Waals surface area contributed by atoms with Gasteiger partial charge >= 0.3 is 0 Å². The average molecular weight is 334 g/mol. The molecule has 0 aliphatic heterocycles. The van der Waals surface area contributed by atoms with Gasteiger partial charge in [0.1, 0.15) is 5.69 Å². The summed E-state index contributed by atoms with van der Waals surface area (Å²) in [5, 5.41) is 3.16. The zero-order chi connectivity index (χ0) is 16.9. The summed E-state index contributed by atoms with van der Waals surface area (Å²) in [5.41, 5.74) is 7.80. The first-order chi connectivity index (χ1) is 10.9. The maximum atomic E-state index is 11.5. The third-order valence-electron chi connectivity index (χ3n) is 3.20. The van der Waals surface area contributed by atoms with E-state index in [0.717, 1.165) is 11.3 Å². The van der Waals surface area contributed by atoms with Crippen molar-refractivity contribution in [3.63, 3.8) is 0 Å². The molecular weight excluding hydrogens is 316 g/mol. The zero-order valence-electron chi connectivity index (χ0n) is 12.6. The van der Waals surface area contributed by atoms with Crippen LogP contribution in [0, 0.1) is 0 Å². The minimum atomic E-state index is -3.27. The molecule has 1 amide bonds. The summed E-state index contributed by atoms with van der Waals surface area (Å²) in [6, 6.07) is 10.6. The fraction of sp³-hybridized carbons (Fsp3) is 0.200. The molecule has 122 valence electrons. The van der Waals surface area contributed by atoms with E-state index in [9.17, 15) is 13.2 Å².